The van der Waals surface area contributed by atoms with Gasteiger partial charge in [-0.05, 0) is 31.4 Å². The van der Waals surface area contributed by atoms with Crippen LogP contribution in [0.15, 0.2) is 6.07 Å². The molecule has 0 aromatic carbocycles. The first kappa shape index (κ1) is 17.9. The highest BCUT2D eigenvalue weighted by Gasteiger charge is 2.29. The highest BCUT2D eigenvalue weighted by atomic mass is 35.5. The minimum Gasteiger partial charge on any atom is -0.448 e. The van der Waals surface area contributed by atoms with Crippen molar-refractivity contribution in [3.05, 3.63) is 28.0 Å². The molecule has 3 N–H and O–H groups in total. The number of amides is 3. The van der Waals surface area contributed by atoms with E-state index in [9.17, 15) is 14.4 Å². The Labute approximate surface area is 133 Å². The fraction of sp³-hybridized carbons (Fsp3) is 0.429. The number of hydrogen-bond acceptors (Lipinski definition) is 5. The van der Waals surface area contributed by atoms with E-state index in [1.807, 2.05) is 5.32 Å². The first-order valence-corrected chi connectivity index (χ1v) is 6.96. The number of nitrogens with one attached hydrogen (secondary N) is 1. The molecule has 0 saturated heterocycles. The Morgan fingerprint density at radius 2 is 1.91 bits per heavy atom. The van der Waals surface area contributed by atoms with Gasteiger partial charge in [-0.3, -0.25) is 10.1 Å². The molecular weight excluding hydrogens is 310 g/mol. The number of rotatable bonds is 4. The van der Waals surface area contributed by atoms with Crippen molar-refractivity contribution in [2.24, 2.45) is 11.7 Å². The smallest absolute Gasteiger partial charge is 0.342 e. The first-order chi connectivity index (χ1) is 10.1. The molecule has 1 rings (SSSR count). The molecule has 0 unspecified atom stereocenters. The maximum Gasteiger partial charge on any atom is 0.342 e. The molecule has 0 fully saturated rings. The molecule has 1 aromatic heterocycles. The molecule has 120 valence electrons. The van der Waals surface area contributed by atoms with Gasteiger partial charge in [0.05, 0.1) is 5.56 Å². The van der Waals surface area contributed by atoms with Gasteiger partial charge < -0.3 is 10.5 Å². The normalized spacial score (nSPS) is 11.9. The lowest BCUT2D eigenvalue weighted by Crippen LogP contribution is -2.45. The minimum atomic E-state index is -1.17. The van der Waals surface area contributed by atoms with Gasteiger partial charge in [-0.1, -0.05) is 25.4 Å². The maximum absolute atomic E-state index is 12.3. The van der Waals surface area contributed by atoms with Gasteiger partial charge >= 0.3 is 12.0 Å². The number of aryl methyl sites for hydroxylation is 2. The third kappa shape index (κ3) is 4.42. The number of carbonyl (C=O) groups is 3. The van der Waals surface area contributed by atoms with Crippen LogP contribution in [0, 0.1) is 19.8 Å². The number of pyridine rings is 1. The van der Waals surface area contributed by atoms with Crippen LogP contribution in [0.4, 0.5) is 4.79 Å². The predicted molar refractivity (Wildman–Crippen MR) is 80.5 cm³/mol. The van der Waals surface area contributed by atoms with Crippen molar-refractivity contribution in [3.63, 3.8) is 0 Å². The molecule has 1 heterocycles. The molecule has 1 atom stereocenters. The van der Waals surface area contributed by atoms with E-state index in [0.717, 1.165) is 0 Å². The van der Waals surface area contributed by atoms with Gasteiger partial charge in [0.1, 0.15) is 5.15 Å². The molecule has 7 nitrogen and oxygen atoms in total. The standard InChI is InChI=1S/C14H18ClN3O4/c1-6(2)10(12(19)18-14(16)21)22-13(20)9-7(3)5-8(4)17-11(9)15/h5-6,10H,1-4H3,(H3,16,18,19,21)/t10-/m0/s1. The summed E-state index contributed by atoms with van der Waals surface area (Å²) < 4.78 is 5.18. The zero-order valence-corrected chi connectivity index (χ0v) is 13.5. The third-order valence-corrected chi connectivity index (χ3v) is 3.12. The Hall–Kier alpha value is -2.15. The summed E-state index contributed by atoms with van der Waals surface area (Å²) in [6.07, 6.45) is -1.17. The predicted octanol–water partition coefficient (Wildman–Crippen LogP) is 1.73. The highest BCUT2D eigenvalue weighted by molar-refractivity contribution is 6.32. The van der Waals surface area contributed by atoms with Crippen LogP contribution in [0.3, 0.4) is 0 Å². The quantitative estimate of drug-likeness (QED) is 0.646. The number of carbonyl (C=O) groups excluding carboxylic acids is 3. The van der Waals surface area contributed by atoms with E-state index in [0.29, 0.717) is 11.3 Å². The second-order valence-corrected chi connectivity index (χ2v) is 5.53. The third-order valence-electron chi connectivity index (χ3n) is 2.85. The highest BCUT2D eigenvalue weighted by Crippen LogP contribution is 2.21. The van der Waals surface area contributed by atoms with Gasteiger partial charge in [0.2, 0.25) is 0 Å². The van der Waals surface area contributed by atoms with Crippen molar-refractivity contribution in [1.82, 2.24) is 10.3 Å². The lowest BCUT2D eigenvalue weighted by Gasteiger charge is -2.20. The Morgan fingerprint density at radius 3 is 2.36 bits per heavy atom. The summed E-state index contributed by atoms with van der Waals surface area (Å²) >= 11 is 5.97. The Bertz CT molecular complexity index is 593. The molecular formula is C14H18ClN3O4. The topological polar surface area (TPSA) is 111 Å². The summed E-state index contributed by atoms with van der Waals surface area (Å²) in [5, 5.41) is 1.89. The van der Waals surface area contributed by atoms with E-state index in [2.05, 4.69) is 4.98 Å². The fourth-order valence-electron chi connectivity index (χ4n) is 1.90. The fourth-order valence-corrected chi connectivity index (χ4v) is 2.26. The van der Waals surface area contributed by atoms with Crippen LogP contribution in [0.5, 0.6) is 0 Å². The van der Waals surface area contributed by atoms with Gasteiger partial charge in [0, 0.05) is 5.69 Å². The van der Waals surface area contributed by atoms with Crippen LogP contribution in [0.2, 0.25) is 5.15 Å². The van der Waals surface area contributed by atoms with Crippen LogP contribution in [0.25, 0.3) is 0 Å². The van der Waals surface area contributed by atoms with Crippen LogP contribution in [0.1, 0.15) is 35.5 Å². The summed E-state index contributed by atoms with van der Waals surface area (Å²) in [5.41, 5.74) is 6.23. The molecule has 3 amide bonds. The number of halogens is 1. The summed E-state index contributed by atoms with van der Waals surface area (Å²) in [6.45, 7) is 6.76. The number of esters is 1. The number of hydrogen-bond donors (Lipinski definition) is 2. The summed E-state index contributed by atoms with van der Waals surface area (Å²) in [5.74, 6) is -1.93. The van der Waals surface area contributed by atoms with E-state index in [1.165, 1.54) is 0 Å². The van der Waals surface area contributed by atoms with Crippen molar-refractivity contribution in [1.29, 1.82) is 0 Å². The lowest BCUT2D eigenvalue weighted by molar-refractivity contribution is -0.130. The van der Waals surface area contributed by atoms with Crippen molar-refractivity contribution >= 4 is 29.5 Å². The Kier molecular flexibility index (Phi) is 5.87. The first-order valence-electron chi connectivity index (χ1n) is 6.58. The largest absolute Gasteiger partial charge is 0.448 e. The van der Waals surface area contributed by atoms with Crippen molar-refractivity contribution in [2.75, 3.05) is 0 Å². The molecule has 1 aromatic rings. The number of ether oxygens (including phenoxy) is 1. The average Bonchev–Trinajstić information content (AvgIpc) is 2.33. The van der Waals surface area contributed by atoms with Gasteiger partial charge in [-0.15, -0.1) is 0 Å². The maximum atomic E-state index is 12.3. The van der Waals surface area contributed by atoms with Crippen molar-refractivity contribution in [2.45, 2.75) is 33.8 Å². The van der Waals surface area contributed by atoms with Gasteiger partial charge in [0.25, 0.3) is 5.91 Å². The van der Waals surface area contributed by atoms with E-state index in [1.54, 1.807) is 33.8 Å². The van der Waals surface area contributed by atoms with Crippen molar-refractivity contribution in [3.8, 4) is 0 Å². The van der Waals surface area contributed by atoms with Gasteiger partial charge in [-0.2, -0.15) is 0 Å². The van der Waals surface area contributed by atoms with E-state index in [4.69, 9.17) is 22.1 Å². The molecule has 0 spiro atoms. The number of urea groups is 1. The SMILES string of the molecule is Cc1cc(C)c(C(=O)O[C@H](C(=O)NC(N)=O)C(C)C)c(Cl)n1. The molecule has 0 aliphatic heterocycles. The zero-order valence-electron chi connectivity index (χ0n) is 12.8. The number of aromatic nitrogens is 1. The molecule has 0 radical (unpaired) electrons. The monoisotopic (exact) mass is 327 g/mol. The second kappa shape index (κ2) is 7.22. The molecule has 0 aliphatic carbocycles. The van der Waals surface area contributed by atoms with E-state index < -0.39 is 24.0 Å². The van der Waals surface area contributed by atoms with Crippen molar-refractivity contribution < 1.29 is 19.1 Å². The van der Waals surface area contributed by atoms with Gasteiger partial charge in [-0.25, -0.2) is 14.6 Å². The molecule has 0 saturated carbocycles. The minimum absolute atomic E-state index is 0.000292. The number of nitrogens with zero attached hydrogens (tertiary/aromatic N) is 1. The number of nitrogens with two attached hydrogens (primary N) is 1. The Balaban J connectivity index is 3.02. The number of primary amides is 1. The number of imide groups is 1. The van der Waals surface area contributed by atoms with E-state index >= 15 is 0 Å². The second-order valence-electron chi connectivity index (χ2n) is 5.17. The molecule has 0 aliphatic rings. The lowest BCUT2D eigenvalue weighted by atomic mass is 10.1. The summed E-state index contributed by atoms with van der Waals surface area (Å²) in [7, 11) is 0. The molecule has 0 bridgehead atoms. The van der Waals surface area contributed by atoms with E-state index in [-0.39, 0.29) is 16.6 Å². The Morgan fingerprint density at radius 1 is 1.32 bits per heavy atom. The molecule has 8 heteroatoms. The average molecular weight is 328 g/mol. The van der Waals surface area contributed by atoms with Crippen LogP contribution in [-0.2, 0) is 9.53 Å². The molecule has 22 heavy (non-hydrogen) atoms. The van der Waals surface area contributed by atoms with Crippen LogP contribution >= 0.6 is 11.6 Å². The van der Waals surface area contributed by atoms with Crippen LogP contribution in [-0.4, -0.2) is 29.0 Å². The van der Waals surface area contributed by atoms with Gasteiger partial charge in [0.15, 0.2) is 6.10 Å². The van der Waals surface area contributed by atoms with Crippen LogP contribution < -0.4 is 11.1 Å². The summed E-state index contributed by atoms with van der Waals surface area (Å²) in [6, 6.07) is 0.661. The summed E-state index contributed by atoms with van der Waals surface area (Å²) in [4.78, 5) is 38.9. The zero-order chi connectivity index (χ0) is 17.0.